The quantitative estimate of drug-likeness (QED) is 0.395. The molecule has 0 aliphatic carbocycles. The van der Waals surface area contributed by atoms with E-state index in [1.54, 1.807) is 6.33 Å². The van der Waals surface area contributed by atoms with Gasteiger partial charge in [-0.05, 0) is 60.1 Å². The van der Waals surface area contributed by atoms with Crippen LogP contribution in [0.15, 0.2) is 49.1 Å². The Balaban J connectivity index is 1.57. The number of aromatic nitrogens is 5. The number of aryl methyl sites for hydroxylation is 3. The van der Waals surface area contributed by atoms with Crippen LogP contribution >= 0.6 is 0 Å². The van der Waals surface area contributed by atoms with Crippen molar-refractivity contribution in [2.24, 2.45) is 7.05 Å². The van der Waals surface area contributed by atoms with E-state index < -0.39 is 0 Å². The largest absolute Gasteiger partial charge is 0.354 e. The lowest BCUT2D eigenvalue weighted by molar-refractivity contribution is 0.590. The highest BCUT2D eigenvalue weighted by Gasteiger charge is 2.17. The summed E-state index contributed by atoms with van der Waals surface area (Å²) in [5.41, 5.74) is 6.38. The second-order valence-corrected chi connectivity index (χ2v) is 9.21. The van der Waals surface area contributed by atoms with Gasteiger partial charge >= 0.3 is 0 Å². The van der Waals surface area contributed by atoms with Crippen LogP contribution in [-0.2, 0) is 18.9 Å². The Hall–Kier alpha value is -3.48. The van der Waals surface area contributed by atoms with Gasteiger partial charge in [-0.2, -0.15) is 9.97 Å². The van der Waals surface area contributed by atoms with Crippen molar-refractivity contribution in [3.05, 3.63) is 65.7 Å². The monoisotopic (exact) mass is 429 g/mol. The molecule has 0 aliphatic heterocycles. The van der Waals surface area contributed by atoms with Crippen molar-refractivity contribution in [2.75, 3.05) is 17.2 Å². The van der Waals surface area contributed by atoms with Gasteiger partial charge in [-0.3, -0.25) is 4.98 Å². The molecule has 7 heteroatoms. The average Bonchev–Trinajstić information content (AvgIpc) is 3.13. The Labute approximate surface area is 189 Å². The smallest absolute Gasteiger partial charge is 0.226 e. The molecule has 3 aromatic heterocycles. The number of rotatable bonds is 7. The number of fused-ring (bicyclic) bond motifs is 1. The fraction of sp³-hybridized carbons (Fsp3) is 0.360. The Kier molecular flexibility index (Phi) is 6.08. The number of anilines is 3. The highest BCUT2D eigenvalue weighted by molar-refractivity contribution is 5.87. The lowest BCUT2D eigenvalue weighted by atomic mass is 9.86. The van der Waals surface area contributed by atoms with E-state index in [1.807, 2.05) is 36.1 Å². The maximum absolute atomic E-state index is 4.80. The van der Waals surface area contributed by atoms with Crippen LogP contribution in [-0.4, -0.2) is 31.0 Å². The summed E-state index contributed by atoms with van der Waals surface area (Å²) in [5.74, 6) is 1.33. The molecule has 3 heterocycles. The fourth-order valence-corrected chi connectivity index (χ4v) is 3.62. The minimum atomic E-state index is 0.0686. The van der Waals surface area contributed by atoms with E-state index in [0.29, 0.717) is 11.6 Å². The fourth-order valence-electron chi connectivity index (χ4n) is 3.62. The SMILES string of the molecule is Cc1ccc(C(C)(C)C)cc1Nc1nc(NCCCc2ccncc2)nc2ncn(C)c12. The molecule has 0 bridgehead atoms. The zero-order valence-electron chi connectivity index (χ0n) is 19.5. The molecule has 0 amide bonds. The van der Waals surface area contributed by atoms with E-state index in [9.17, 15) is 0 Å². The third-order valence-corrected chi connectivity index (χ3v) is 5.60. The van der Waals surface area contributed by atoms with Crippen molar-refractivity contribution >= 4 is 28.6 Å². The molecule has 0 unspecified atom stereocenters. The molecule has 0 aliphatic rings. The normalized spacial score (nSPS) is 11.7. The number of nitrogens with one attached hydrogen (secondary N) is 2. The van der Waals surface area contributed by atoms with Crippen molar-refractivity contribution in [1.82, 2.24) is 24.5 Å². The maximum Gasteiger partial charge on any atom is 0.226 e. The first-order chi connectivity index (χ1) is 15.3. The molecular weight excluding hydrogens is 398 g/mol. The highest BCUT2D eigenvalue weighted by Crippen LogP contribution is 2.30. The summed E-state index contributed by atoms with van der Waals surface area (Å²) >= 11 is 0. The molecule has 0 spiro atoms. The van der Waals surface area contributed by atoms with Gasteiger partial charge in [0.2, 0.25) is 5.95 Å². The van der Waals surface area contributed by atoms with Crippen LogP contribution in [0.1, 0.15) is 43.9 Å². The maximum atomic E-state index is 4.80. The molecule has 166 valence electrons. The lowest BCUT2D eigenvalue weighted by Gasteiger charge is -2.21. The highest BCUT2D eigenvalue weighted by atomic mass is 15.2. The van der Waals surface area contributed by atoms with Crippen molar-refractivity contribution in [3.63, 3.8) is 0 Å². The summed E-state index contributed by atoms with van der Waals surface area (Å²) in [6, 6.07) is 10.7. The molecule has 7 nitrogen and oxygen atoms in total. The number of hydrogen-bond donors (Lipinski definition) is 2. The zero-order valence-corrected chi connectivity index (χ0v) is 19.5. The second-order valence-electron chi connectivity index (χ2n) is 9.21. The van der Waals surface area contributed by atoms with Crippen molar-refractivity contribution < 1.29 is 0 Å². The number of nitrogens with zero attached hydrogens (tertiary/aromatic N) is 5. The van der Waals surface area contributed by atoms with Gasteiger partial charge in [0.05, 0.1) is 6.33 Å². The summed E-state index contributed by atoms with van der Waals surface area (Å²) in [4.78, 5) is 18.0. The Morgan fingerprint density at radius 3 is 2.56 bits per heavy atom. The van der Waals surface area contributed by atoms with E-state index in [1.165, 1.54) is 16.7 Å². The van der Waals surface area contributed by atoms with Crippen LogP contribution in [0.3, 0.4) is 0 Å². The molecule has 0 fully saturated rings. The van der Waals surface area contributed by atoms with Gasteiger partial charge in [-0.1, -0.05) is 32.9 Å². The first kappa shape index (κ1) is 21.7. The second kappa shape index (κ2) is 8.94. The van der Waals surface area contributed by atoms with Gasteiger partial charge in [-0.15, -0.1) is 0 Å². The molecule has 0 saturated heterocycles. The Bertz CT molecular complexity index is 1210. The molecule has 4 aromatic rings. The predicted molar refractivity (Wildman–Crippen MR) is 131 cm³/mol. The minimum absolute atomic E-state index is 0.0686. The summed E-state index contributed by atoms with van der Waals surface area (Å²) in [5, 5.41) is 6.92. The Morgan fingerprint density at radius 2 is 1.81 bits per heavy atom. The van der Waals surface area contributed by atoms with Crippen molar-refractivity contribution in [3.8, 4) is 0 Å². The molecule has 32 heavy (non-hydrogen) atoms. The zero-order chi connectivity index (χ0) is 22.7. The molecule has 2 N–H and O–H groups in total. The number of benzene rings is 1. The summed E-state index contributed by atoms with van der Waals surface area (Å²) in [7, 11) is 1.96. The van der Waals surface area contributed by atoms with Crippen molar-refractivity contribution in [2.45, 2.75) is 46.0 Å². The van der Waals surface area contributed by atoms with Crippen LogP contribution in [0.4, 0.5) is 17.5 Å². The van der Waals surface area contributed by atoms with Gasteiger partial charge in [0.25, 0.3) is 0 Å². The van der Waals surface area contributed by atoms with E-state index in [-0.39, 0.29) is 5.41 Å². The third-order valence-electron chi connectivity index (χ3n) is 5.60. The number of hydrogen-bond acceptors (Lipinski definition) is 6. The molecular formula is C25H31N7. The first-order valence-corrected chi connectivity index (χ1v) is 11.0. The van der Waals surface area contributed by atoms with E-state index >= 15 is 0 Å². The standard InChI is InChI=1S/C25H31N7/c1-17-8-9-19(25(2,3)4)15-20(17)29-23-21-22(28-16-32(21)5)30-24(31-23)27-12-6-7-18-10-13-26-14-11-18/h8-11,13-16H,6-7,12H2,1-5H3,(H2,27,29,30,31). The summed E-state index contributed by atoms with van der Waals surface area (Å²) < 4.78 is 1.95. The van der Waals surface area contributed by atoms with Crippen LogP contribution in [0.2, 0.25) is 0 Å². The topological polar surface area (TPSA) is 80.6 Å². The molecule has 1 aromatic carbocycles. The van der Waals surface area contributed by atoms with Gasteiger partial charge in [-0.25, -0.2) is 4.98 Å². The van der Waals surface area contributed by atoms with E-state index in [4.69, 9.17) is 4.98 Å². The molecule has 0 atom stereocenters. The minimum Gasteiger partial charge on any atom is -0.354 e. The summed E-state index contributed by atoms with van der Waals surface area (Å²) in [6.07, 6.45) is 7.38. The molecule has 0 saturated carbocycles. The van der Waals surface area contributed by atoms with Gasteiger partial charge in [0, 0.05) is 31.7 Å². The van der Waals surface area contributed by atoms with Gasteiger partial charge in [0.15, 0.2) is 11.5 Å². The number of pyridine rings is 1. The number of imidazole rings is 1. The third kappa shape index (κ3) is 4.88. The van der Waals surface area contributed by atoms with Gasteiger partial charge in [0.1, 0.15) is 5.52 Å². The van der Waals surface area contributed by atoms with E-state index in [0.717, 1.165) is 36.4 Å². The van der Waals surface area contributed by atoms with E-state index in [2.05, 4.69) is 71.5 Å². The van der Waals surface area contributed by atoms with Crippen molar-refractivity contribution in [1.29, 1.82) is 0 Å². The molecule has 0 radical (unpaired) electrons. The van der Waals surface area contributed by atoms with Gasteiger partial charge < -0.3 is 15.2 Å². The molecule has 4 rings (SSSR count). The predicted octanol–water partition coefficient (Wildman–Crippen LogP) is 5.15. The Morgan fingerprint density at radius 1 is 1.03 bits per heavy atom. The first-order valence-electron chi connectivity index (χ1n) is 11.0. The van der Waals surface area contributed by atoms with Crippen LogP contribution in [0.25, 0.3) is 11.2 Å². The summed E-state index contributed by atoms with van der Waals surface area (Å²) in [6.45, 7) is 9.55. The van der Waals surface area contributed by atoms with Crippen LogP contribution in [0.5, 0.6) is 0 Å². The van der Waals surface area contributed by atoms with Crippen LogP contribution < -0.4 is 10.6 Å². The average molecular weight is 430 g/mol. The van der Waals surface area contributed by atoms with Crippen LogP contribution in [0, 0.1) is 6.92 Å². The lowest BCUT2D eigenvalue weighted by Crippen LogP contribution is -2.12.